The maximum Gasteiger partial charge on any atom is 0.134 e. The second-order valence-electron chi connectivity index (χ2n) is 5.70. The first-order valence-electron chi connectivity index (χ1n) is 7.88. The Morgan fingerprint density at radius 2 is 1.88 bits per heavy atom. The molecule has 2 aromatic heterocycles. The van der Waals surface area contributed by atoms with E-state index in [4.69, 9.17) is 9.15 Å². The van der Waals surface area contributed by atoms with Gasteiger partial charge in [0.1, 0.15) is 11.5 Å². The van der Waals surface area contributed by atoms with E-state index in [2.05, 4.69) is 35.3 Å². The zero-order chi connectivity index (χ0) is 16.4. The molecule has 0 saturated carbocycles. The van der Waals surface area contributed by atoms with Crippen LogP contribution in [0.25, 0.3) is 22.1 Å². The normalized spacial score (nSPS) is 10.9. The first kappa shape index (κ1) is 14.5. The molecule has 24 heavy (non-hydrogen) atoms. The number of nitrogens with zero attached hydrogens (tertiary/aromatic N) is 1. The van der Waals surface area contributed by atoms with Crippen molar-refractivity contribution in [2.45, 2.75) is 6.42 Å². The Morgan fingerprint density at radius 3 is 2.62 bits per heavy atom. The van der Waals surface area contributed by atoms with E-state index in [0.29, 0.717) is 0 Å². The highest BCUT2D eigenvalue weighted by Crippen LogP contribution is 2.29. The van der Waals surface area contributed by atoms with E-state index in [1.165, 1.54) is 5.56 Å². The molecule has 0 saturated heterocycles. The zero-order valence-electron chi connectivity index (χ0n) is 13.4. The molecular formula is C21H17NO2. The number of aromatic nitrogens is 1. The number of benzene rings is 2. The van der Waals surface area contributed by atoms with E-state index >= 15 is 0 Å². The van der Waals surface area contributed by atoms with Crippen LogP contribution in [0.3, 0.4) is 0 Å². The van der Waals surface area contributed by atoms with Crippen LogP contribution in [-0.2, 0) is 6.42 Å². The van der Waals surface area contributed by atoms with Crippen LogP contribution < -0.4 is 4.74 Å². The van der Waals surface area contributed by atoms with Gasteiger partial charge in [-0.05, 0) is 41.3 Å². The lowest BCUT2D eigenvalue weighted by atomic mass is 10.0. The number of hydrogen-bond acceptors (Lipinski definition) is 3. The van der Waals surface area contributed by atoms with E-state index in [-0.39, 0.29) is 0 Å². The van der Waals surface area contributed by atoms with Crippen LogP contribution in [0, 0.1) is 0 Å². The SMILES string of the molecule is COc1ccc(Cc2cc3c(-c4ccco4)cccc3cn2)cc1. The maximum absolute atomic E-state index is 5.58. The molecule has 118 valence electrons. The Kier molecular flexibility index (Phi) is 3.75. The fourth-order valence-corrected chi connectivity index (χ4v) is 2.91. The van der Waals surface area contributed by atoms with Gasteiger partial charge in [0.15, 0.2) is 0 Å². The van der Waals surface area contributed by atoms with Crippen LogP contribution in [0.5, 0.6) is 5.75 Å². The lowest BCUT2D eigenvalue weighted by molar-refractivity contribution is 0.414. The summed E-state index contributed by atoms with van der Waals surface area (Å²) in [6.45, 7) is 0. The molecule has 0 unspecified atom stereocenters. The summed E-state index contributed by atoms with van der Waals surface area (Å²) in [6.07, 6.45) is 4.42. The molecule has 0 aliphatic heterocycles. The third-order valence-electron chi connectivity index (χ3n) is 4.15. The summed E-state index contributed by atoms with van der Waals surface area (Å²) in [7, 11) is 1.68. The Morgan fingerprint density at radius 1 is 1.00 bits per heavy atom. The summed E-state index contributed by atoms with van der Waals surface area (Å²) in [5, 5.41) is 2.27. The van der Waals surface area contributed by atoms with Crippen molar-refractivity contribution in [2.75, 3.05) is 7.11 Å². The molecule has 4 rings (SSSR count). The summed E-state index contributed by atoms with van der Waals surface area (Å²) < 4.78 is 10.8. The lowest BCUT2D eigenvalue weighted by Gasteiger charge is -2.07. The molecule has 0 N–H and O–H groups in total. The average molecular weight is 315 g/mol. The van der Waals surface area contributed by atoms with Gasteiger partial charge in [-0.2, -0.15) is 0 Å². The van der Waals surface area contributed by atoms with Gasteiger partial charge in [-0.1, -0.05) is 30.3 Å². The van der Waals surface area contributed by atoms with Crippen LogP contribution in [0.15, 0.2) is 77.5 Å². The Hall–Kier alpha value is -3.07. The van der Waals surface area contributed by atoms with E-state index in [0.717, 1.165) is 40.0 Å². The molecule has 0 atom stereocenters. The molecule has 0 fully saturated rings. The summed E-state index contributed by atoms with van der Waals surface area (Å²) in [5.41, 5.74) is 3.33. The van der Waals surface area contributed by atoms with E-state index in [9.17, 15) is 0 Å². The van der Waals surface area contributed by atoms with Crippen molar-refractivity contribution in [1.82, 2.24) is 4.98 Å². The number of ether oxygens (including phenoxy) is 1. The quantitative estimate of drug-likeness (QED) is 0.526. The van der Waals surface area contributed by atoms with Gasteiger partial charge in [0.05, 0.1) is 13.4 Å². The van der Waals surface area contributed by atoms with Gasteiger partial charge in [0.2, 0.25) is 0 Å². The van der Waals surface area contributed by atoms with Crippen molar-refractivity contribution in [2.24, 2.45) is 0 Å². The molecule has 0 radical (unpaired) electrons. The van der Waals surface area contributed by atoms with Crippen molar-refractivity contribution in [3.05, 3.63) is 84.4 Å². The highest BCUT2D eigenvalue weighted by Gasteiger charge is 2.08. The van der Waals surface area contributed by atoms with Gasteiger partial charge in [0.25, 0.3) is 0 Å². The third kappa shape index (κ3) is 2.76. The summed E-state index contributed by atoms with van der Waals surface area (Å²) in [4.78, 5) is 4.61. The van der Waals surface area contributed by atoms with Gasteiger partial charge in [-0.25, -0.2) is 0 Å². The largest absolute Gasteiger partial charge is 0.497 e. The first-order valence-corrected chi connectivity index (χ1v) is 7.88. The van der Waals surface area contributed by atoms with E-state index in [1.807, 2.05) is 36.5 Å². The summed E-state index contributed by atoms with van der Waals surface area (Å²) in [6, 6.07) is 20.3. The summed E-state index contributed by atoms with van der Waals surface area (Å²) in [5.74, 6) is 1.74. The molecule has 0 aliphatic rings. The predicted octanol–water partition coefficient (Wildman–Crippen LogP) is 5.09. The molecular weight excluding hydrogens is 298 g/mol. The molecule has 0 aliphatic carbocycles. The fraction of sp³-hybridized carbons (Fsp3) is 0.0952. The molecule has 3 nitrogen and oxygen atoms in total. The smallest absolute Gasteiger partial charge is 0.134 e. The van der Waals surface area contributed by atoms with Gasteiger partial charge in [-0.15, -0.1) is 0 Å². The van der Waals surface area contributed by atoms with Gasteiger partial charge in [-0.3, -0.25) is 4.98 Å². The van der Waals surface area contributed by atoms with Crippen molar-refractivity contribution in [3.63, 3.8) is 0 Å². The third-order valence-corrected chi connectivity index (χ3v) is 4.15. The Bertz CT molecular complexity index is 957. The summed E-state index contributed by atoms with van der Waals surface area (Å²) >= 11 is 0. The van der Waals surface area contributed by atoms with Crippen molar-refractivity contribution in [3.8, 4) is 17.1 Å². The van der Waals surface area contributed by atoms with Gasteiger partial charge >= 0.3 is 0 Å². The fourth-order valence-electron chi connectivity index (χ4n) is 2.91. The van der Waals surface area contributed by atoms with Crippen LogP contribution in [0.2, 0.25) is 0 Å². The maximum atomic E-state index is 5.58. The number of fused-ring (bicyclic) bond motifs is 1. The van der Waals surface area contributed by atoms with E-state index in [1.54, 1.807) is 13.4 Å². The van der Waals surface area contributed by atoms with Crippen LogP contribution in [0.1, 0.15) is 11.3 Å². The molecule has 4 aromatic rings. The number of rotatable bonds is 4. The van der Waals surface area contributed by atoms with E-state index < -0.39 is 0 Å². The monoisotopic (exact) mass is 315 g/mol. The molecule has 0 spiro atoms. The first-order chi connectivity index (χ1) is 11.8. The lowest BCUT2D eigenvalue weighted by Crippen LogP contribution is -1.93. The molecule has 2 heterocycles. The second kappa shape index (κ2) is 6.20. The molecule has 0 amide bonds. The minimum atomic E-state index is 0.784. The number of hydrogen-bond donors (Lipinski definition) is 0. The van der Waals surface area contributed by atoms with Gasteiger partial charge in [0, 0.05) is 29.3 Å². The number of methoxy groups -OCH3 is 1. The topological polar surface area (TPSA) is 35.3 Å². The predicted molar refractivity (Wildman–Crippen MR) is 95.2 cm³/mol. The zero-order valence-corrected chi connectivity index (χ0v) is 13.4. The highest BCUT2D eigenvalue weighted by molar-refractivity contribution is 5.95. The van der Waals surface area contributed by atoms with Crippen molar-refractivity contribution >= 4 is 10.8 Å². The standard InChI is InChI=1S/C21H17NO2/c1-23-18-9-7-15(8-10-18)12-17-13-20-16(14-22-17)4-2-5-19(20)21-6-3-11-24-21/h2-11,13-14H,12H2,1H3. The number of pyridine rings is 1. The Labute approximate surface area is 140 Å². The van der Waals surface area contributed by atoms with Crippen LogP contribution in [0.4, 0.5) is 0 Å². The molecule has 3 heteroatoms. The van der Waals surface area contributed by atoms with Crippen molar-refractivity contribution < 1.29 is 9.15 Å². The second-order valence-corrected chi connectivity index (χ2v) is 5.70. The Balaban J connectivity index is 1.73. The molecule has 0 bridgehead atoms. The average Bonchev–Trinajstić information content (AvgIpc) is 3.16. The minimum absolute atomic E-state index is 0.784. The van der Waals surface area contributed by atoms with Crippen LogP contribution >= 0.6 is 0 Å². The van der Waals surface area contributed by atoms with Gasteiger partial charge < -0.3 is 9.15 Å². The van der Waals surface area contributed by atoms with Crippen molar-refractivity contribution in [1.29, 1.82) is 0 Å². The molecule has 2 aromatic carbocycles. The van der Waals surface area contributed by atoms with Crippen LogP contribution in [-0.4, -0.2) is 12.1 Å². The number of furan rings is 1. The minimum Gasteiger partial charge on any atom is -0.497 e. The highest BCUT2D eigenvalue weighted by atomic mass is 16.5.